The lowest BCUT2D eigenvalue weighted by Gasteiger charge is -2.25. The molecule has 0 amide bonds. The maximum atomic E-state index is 13.1. The third-order valence-electron chi connectivity index (χ3n) is 4.88. The van der Waals surface area contributed by atoms with E-state index in [4.69, 9.17) is 14.5 Å². The van der Waals surface area contributed by atoms with Gasteiger partial charge >= 0.3 is 0 Å². The fourth-order valence-electron chi connectivity index (χ4n) is 3.38. The summed E-state index contributed by atoms with van der Waals surface area (Å²) in [4.78, 5) is 6.04. The van der Waals surface area contributed by atoms with Crippen LogP contribution in [-0.2, 0) is 23.0 Å². The minimum absolute atomic E-state index is 0.283. The molecular formula is C22H24N2O4S2. The first-order valence-corrected chi connectivity index (χ1v) is 12.2. The van der Waals surface area contributed by atoms with Gasteiger partial charge in [-0.2, -0.15) is 4.31 Å². The first-order valence-electron chi connectivity index (χ1n) is 9.96. The van der Waals surface area contributed by atoms with E-state index in [-0.39, 0.29) is 4.90 Å². The lowest BCUT2D eigenvalue weighted by Crippen LogP contribution is -2.35. The van der Waals surface area contributed by atoms with E-state index in [1.807, 2.05) is 38.1 Å². The third kappa shape index (κ3) is 4.21. The zero-order valence-corrected chi connectivity index (χ0v) is 18.6. The normalized spacial score (nSPS) is 14.3. The highest BCUT2D eigenvalue weighted by molar-refractivity contribution is 7.89. The Balaban J connectivity index is 1.53. The molecular weight excluding hydrogens is 420 g/mol. The van der Waals surface area contributed by atoms with Crippen LogP contribution in [-0.4, -0.2) is 37.5 Å². The summed E-state index contributed by atoms with van der Waals surface area (Å²) < 4.78 is 38.6. The van der Waals surface area contributed by atoms with Gasteiger partial charge in [0.05, 0.1) is 30.3 Å². The number of hydrogen-bond acceptors (Lipinski definition) is 6. The van der Waals surface area contributed by atoms with Crippen molar-refractivity contribution in [3.05, 3.63) is 59.1 Å². The maximum absolute atomic E-state index is 13.1. The van der Waals surface area contributed by atoms with Crippen LogP contribution < -0.4 is 9.47 Å². The van der Waals surface area contributed by atoms with Gasteiger partial charge in [0, 0.05) is 23.4 Å². The van der Waals surface area contributed by atoms with Crippen LogP contribution in [0, 0.1) is 0 Å². The minimum Gasteiger partial charge on any atom is -0.494 e. The monoisotopic (exact) mass is 444 g/mol. The van der Waals surface area contributed by atoms with Crippen LogP contribution in [0.2, 0.25) is 0 Å². The molecule has 30 heavy (non-hydrogen) atoms. The summed E-state index contributed by atoms with van der Waals surface area (Å²) in [6, 6.07) is 14.4. The lowest BCUT2D eigenvalue weighted by molar-refractivity contribution is 0.340. The predicted molar refractivity (Wildman–Crippen MR) is 118 cm³/mol. The van der Waals surface area contributed by atoms with Crippen LogP contribution in [0.25, 0.3) is 10.6 Å². The topological polar surface area (TPSA) is 68.7 Å². The first-order chi connectivity index (χ1) is 14.5. The molecule has 2 heterocycles. The highest BCUT2D eigenvalue weighted by Gasteiger charge is 2.30. The second-order valence-corrected chi connectivity index (χ2v) is 9.86. The van der Waals surface area contributed by atoms with E-state index in [0.29, 0.717) is 38.5 Å². The van der Waals surface area contributed by atoms with E-state index in [9.17, 15) is 8.42 Å². The number of ether oxygens (including phenoxy) is 2. The van der Waals surface area contributed by atoms with Crippen molar-refractivity contribution in [2.75, 3.05) is 19.8 Å². The molecule has 8 heteroatoms. The highest BCUT2D eigenvalue weighted by atomic mass is 32.2. The number of rotatable bonds is 7. The fraction of sp³-hybridized carbons (Fsp3) is 0.318. The van der Waals surface area contributed by atoms with Crippen molar-refractivity contribution in [1.29, 1.82) is 0 Å². The van der Waals surface area contributed by atoms with Gasteiger partial charge in [-0.1, -0.05) is 0 Å². The molecule has 0 aliphatic carbocycles. The van der Waals surface area contributed by atoms with Gasteiger partial charge in [0.1, 0.15) is 16.5 Å². The third-order valence-corrected chi connectivity index (χ3v) is 7.87. The van der Waals surface area contributed by atoms with Crippen LogP contribution in [0.3, 0.4) is 0 Å². The van der Waals surface area contributed by atoms with E-state index in [2.05, 4.69) is 0 Å². The van der Waals surface area contributed by atoms with Crippen molar-refractivity contribution >= 4 is 21.4 Å². The Morgan fingerprint density at radius 2 is 1.57 bits per heavy atom. The number of sulfonamides is 1. The van der Waals surface area contributed by atoms with Crippen molar-refractivity contribution in [1.82, 2.24) is 9.29 Å². The summed E-state index contributed by atoms with van der Waals surface area (Å²) in [5.41, 5.74) is 2.00. The molecule has 1 aliphatic heterocycles. The molecule has 158 valence electrons. The molecule has 0 atom stereocenters. The van der Waals surface area contributed by atoms with Gasteiger partial charge in [0.2, 0.25) is 10.0 Å². The molecule has 0 saturated heterocycles. The molecule has 4 rings (SSSR count). The first kappa shape index (κ1) is 20.8. The second-order valence-electron chi connectivity index (χ2n) is 6.84. The van der Waals surface area contributed by atoms with Crippen LogP contribution in [0.1, 0.15) is 24.4 Å². The number of benzene rings is 2. The minimum atomic E-state index is -3.56. The summed E-state index contributed by atoms with van der Waals surface area (Å²) in [5.74, 6) is 1.50. The Bertz CT molecular complexity index is 1110. The Labute approximate surface area is 181 Å². The molecule has 0 spiro atoms. The zero-order valence-electron chi connectivity index (χ0n) is 17.0. The molecule has 0 fully saturated rings. The Hall–Kier alpha value is -2.42. The quantitative estimate of drug-likeness (QED) is 0.542. The van der Waals surface area contributed by atoms with Gasteiger partial charge in [0.25, 0.3) is 0 Å². The highest BCUT2D eigenvalue weighted by Crippen LogP contribution is 2.34. The molecule has 0 unspecified atom stereocenters. The number of nitrogens with zero attached hydrogens (tertiary/aromatic N) is 2. The van der Waals surface area contributed by atoms with Crippen molar-refractivity contribution in [2.24, 2.45) is 0 Å². The molecule has 1 aromatic heterocycles. The second kappa shape index (κ2) is 8.75. The predicted octanol–water partition coefficient (Wildman–Crippen LogP) is 4.35. The smallest absolute Gasteiger partial charge is 0.243 e. The van der Waals surface area contributed by atoms with Crippen molar-refractivity contribution < 1.29 is 17.9 Å². The Morgan fingerprint density at radius 3 is 2.17 bits per heavy atom. The average Bonchev–Trinajstić information content (AvgIpc) is 3.18. The van der Waals surface area contributed by atoms with Gasteiger partial charge < -0.3 is 9.47 Å². The van der Waals surface area contributed by atoms with Crippen LogP contribution in [0.15, 0.2) is 53.4 Å². The van der Waals surface area contributed by atoms with Crippen LogP contribution >= 0.6 is 11.3 Å². The number of thiazole rings is 1. The summed E-state index contributed by atoms with van der Waals surface area (Å²) in [6.07, 6.45) is 0.610. The average molecular weight is 445 g/mol. The molecule has 2 aromatic carbocycles. The van der Waals surface area contributed by atoms with Gasteiger partial charge in [-0.25, -0.2) is 13.4 Å². The van der Waals surface area contributed by atoms with Crippen LogP contribution in [0.5, 0.6) is 11.5 Å². The van der Waals surface area contributed by atoms with Gasteiger partial charge in [-0.05, 0) is 62.4 Å². The maximum Gasteiger partial charge on any atom is 0.243 e. The zero-order chi connectivity index (χ0) is 21.1. The van der Waals surface area contributed by atoms with E-state index in [0.717, 1.165) is 26.9 Å². The van der Waals surface area contributed by atoms with Gasteiger partial charge in [-0.15, -0.1) is 11.3 Å². The summed E-state index contributed by atoms with van der Waals surface area (Å²) in [5, 5.41) is 0.906. The molecule has 6 nitrogen and oxygen atoms in total. The standard InChI is InChI=1S/C22H24N2O4S2/c1-3-27-17-7-5-16(6-8-17)22-23-20-13-14-24(15-21(20)29-22)30(25,26)19-11-9-18(10-12-19)28-4-2/h5-12H,3-4,13-15H2,1-2H3. The Kier molecular flexibility index (Phi) is 6.08. The van der Waals surface area contributed by atoms with Crippen molar-refractivity contribution in [2.45, 2.75) is 31.7 Å². The summed E-state index contributed by atoms with van der Waals surface area (Å²) >= 11 is 1.55. The molecule has 1 aliphatic rings. The SMILES string of the molecule is CCOc1ccc(-c2nc3c(s2)CN(S(=O)(=O)c2ccc(OCC)cc2)CC3)cc1. The van der Waals surface area contributed by atoms with Crippen molar-refractivity contribution in [3.63, 3.8) is 0 Å². The van der Waals surface area contributed by atoms with E-state index in [1.54, 1.807) is 35.6 Å². The largest absolute Gasteiger partial charge is 0.494 e. The Morgan fingerprint density at radius 1 is 0.967 bits per heavy atom. The van der Waals surface area contributed by atoms with Gasteiger partial charge in [-0.3, -0.25) is 0 Å². The fourth-order valence-corrected chi connectivity index (χ4v) is 6.00. The molecule has 0 radical (unpaired) electrons. The number of aromatic nitrogens is 1. The number of hydrogen-bond donors (Lipinski definition) is 0. The summed E-state index contributed by atoms with van der Waals surface area (Å²) in [7, 11) is -3.56. The molecule has 0 N–H and O–H groups in total. The number of fused-ring (bicyclic) bond motifs is 1. The summed E-state index contributed by atoms with van der Waals surface area (Å²) in [6.45, 7) is 5.80. The molecule has 0 bridgehead atoms. The van der Waals surface area contributed by atoms with Crippen molar-refractivity contribution in [3.8, 4) is 22.1 Å². The van der Waals surface area contributed by atoms with E-state index >= 15 is 0 Å². The molecule has 3 aromatic rings. The van der Waals surface area contributed by atoms with Crippen LogP contribution in [0.4, 0.5) is 0 Å². The van der Waals surface area contributed by atoms with E-state index < -0.39 is 10.0 Å². The van der Waals surface area contributed by atoms with E-state index in [1.165, 1.54) is 4.31 Å². The molecule has 0 saturated carbocycles. The lowest BCUT2D eigenvalue weighted by atomic mass is 10.2. The van der Waals surface area contributed by atoms with Gasteiger partial charge in [0.15, 0.2) is 0 Å².